The number of likely N-dealkylation sites (tertiary alicyclic amines) is 1. The number of rotatable bonds is 7. The molecule has 0 spiro atoms. The third-order valence-corrected chi connectivity index (χ3v) is 5.63. The Morgan fingerprint density at radius 2 is 1.79 bits per heavy atom. The lowest BCUT2D eigenvalue weighted by Crippen LogP contribution is -2.45. The zero-order valence-electron chi connectivity index (χ0n) is 17.0. The molecule has 2 aromatic carbocycles. The van der Waals surface area contributed by atoms with Gasteiger partial charge in [-0.05, 0) is 57.7 Å². The number of nitrogens with one attached hydrogen (secondary N) is 1. The first-order valence-electron chi connectivity index (χ1n) is 9.93. The Morgan fingerprint density at radius 3 is 2.38 bits per heavy atom. The number of nitrogens with zero attached hydrogens (tertiary/aromatic N) is 3. The first kappa shape index (κ1) is 21.0. The molecule has 0 saturated carbocycles. The van der Waals surface area contributed by atoms with Gasteiger partial charge in [-0.1, -0.05) is 30.3 Å². The van der Waals surface area contributed by atoms with Crippen LogP contribution in [0.1, 0.15) is 34.8 Å². The van der Waals surface area contributed by atoms with Crippen molar-refractivity contribution < 1.29 is 9.72 Å². The predicted octanol–water partition coefficient (Wildman–Crippen LogP) is 3.09. The maximum absolute atomic E-state index is 12.8. The Balaban J connectivity index is 1.72. The highest BCUT2D eigenvalue weighted by molar-refractivity contribution is 5.94. The second kappa shape index (κ2) is 9.62. The van der Waals surface area contributed by atoms with Crippen molar-refractivity contribution in [2.24, 2.45) is 0 Å². The fourth-order valence-corrected chi connectivity index (χ4v) is 3.77. The number of carbonyl (C=O) groups excluding carboxylic acids is 1. The SMILES string of the molecule is CN1CCC(N(C)C[C@H](NC(=O)c2ccc([N+](=O)[O-])cc2)c2ccccc2)CC1. The van der Waals surface area contributed by atoms with E-state index in [0.717, 1.165) is 31.5 Å². The summed E-state index contributed by atoms with van der Waals surface area (Å²) in [5.74, 6) is -0.231. The molecule has 7 nitrogen and oxygen atoms in total. The van der Waals surface area contributed by atoms with Crippen molar-refractivity contribution in [3.8, 4) is 0 Å². The second-order valence-corrected chi connectivity index (χ2v) is 7.71. The third-order valence-electron chi connectivity index (χ3n) is 5.63. The van der Waals surface area contributed by atoms with Gasteiger partial charge >= 0.3 is 0 Å². The number of nitro groups is 1. The van der Waals surface area contributed by atoms with Crippen LogP contribution in [0.4, 0.5) is 5.69 Å². The van der Waals surface area contributed by atoms with E-state index in [-0.39, 0.29) is 17.6 Å². The van der Waals surface area contributed by atoms with E-state index in [1.165, 1.54) is 24.3 Å². The van der Waals surface area contributed by atoms with Crippen molar-refractivity contribution in [1.29, 1.82) is 0 Å². The van der Waals surface area contributed by atoms with Crippen LogP contribution < -0.4 is 5.32 Å². The van der Waals surface area contributed by atoms with Gasteiger partial charge < -0.3 is 15.1 Å². The maximum Gasteiger partial charge on any atom is 0.269 e. The summed E-state index contributed by atoms with van der Waals surface area (Å²) >= 11 is 0. The van der Waals surface area contributed by atoms with Gasteiger partial charge in [0.25, 0.3) is 11.6 Å². The lowest BCUT2D eigenvalue weighted by Gasteiger charge is -2.37. The van der Waals surface area contributed by atoms with Crippen LogP contribution in [0.3, 0.4) is 0 Å². The van der Waals surface area contributed by atoms with E-state index >= 15 is 0 Å². The van der Waals surface area contributed by atoms with E-state index in [0.29, 0.717) is 18.2 Å². The number of benzene rings is 2. The smallest absolute Gasteiger partial charge is 0.269 e. The molecule has 1 N–H and O–H groups in total. The monoisotopic (exact) mass is 396 g/mol. The number of carbonyl (C=O) groups is 1. The van der Waals surface area contributed by atoms with Gasteiger partial charge in [0.2, 0.25) is 0 Å². The average Bonchev–Trinajstić information content (AvgIpc) is 2.74. The summed E-state index contributed by atoms with van der Waals surface area (Å²) < 4.78 is 0. The van der Waals surface area contributed by atoms with Gasteiger partial charge in [-0.15, -0.1) is 0 Å². The van der Waals surface area contributed by atoms with E-state index < -0.39 is 4.92 Å². The number of hydrogen-bond acceptors (Lipinski definition) is 5. The number of piperidine rings is 1. The molecule has 1 heterocycles. The summed E-state index contributed by atoms with van der Waals surface area (Å²) in [5.41, 5.74) is 1.43. The van der Waals surface area contributed by atoms with Gasteiger partial charge in [0.15, 0.2) is 0 Å². The minimum atomic E-state index is -0.467. The van der Waals surface area contributed by atoms with Gasteiger partial charge in [-0.3, -0.25) is 14.9 Å². The van der Waals surface area contributed by atoms with E-state index in [4.69, 9.17) is 0 Å². The maximum atomic E-state index is 12.8. The van der Waals surface area contributed by atoms with Crippen LogP contribution in [0.2, 0.25) is 0 Å². The van der Waals surface area contributed by atoms with Crippen LogP contribution in [-0.2, 0) is 0 Å². The van der Waals surface area contributed by atoms with Crippen LogP contribution in [0.5, 0.6) is 0 Å². The van der Waals surface area contributed by atoms with Gasteiger partial charge in [-0.25, -0.2) is 0 Å². The van der Waals surface area contributed by atoms with E-state index in [1.807, 2.05) is 30.3 Å². The topological polar surface area (TPSA) is 78.7 Å². The highest BCUT2D eigenvalue weighted by atomic mass is 16.6. The molecule has 0 aromatic heterocycles. The molecule has 0 aliphatic carbocycles. The number of nitro benzene ring substituents is 1. The van der Waals surface area contributed by atoms with Crippen LogP contribution in [-0.4, -0.2) is 60.4 Å². The van der Waals surface area contributed by atoms with Crippen LogP contribution in [0.15, 0.2) is 54.6 Å². The predicted molar refractivity (Wildman–Crippen MR) is 113 cm³/mol. The van der Waals surface area contributed by atoms with Crippen molar-refractivity contribution >= 4 is 11.6 Å². The molecule has 1 aliphatic rings. The van der Waals surface area contributed by atoms with Crippen molar-refractivity contribution in [3.63, 3.8) is 0 Å². The molecule has 1 fully saturated rings. The number of likely N-dealkylation sites (N-methyl/N-ethyl adjacent to an activating group) is 1. The quantitative estimate of drug-likeness (QED) is 0.575. The van der Waals surface area contributed by atoms with Crippen molar-refractivity contribution in [1.82, 2.24) is 15.1 Å². The minimum Gasteiger partial charge on any atom is -0.344 e. The second-order valence-electron chi connectivity index (χ2n) is 7.71. The molecule has 1 aliphatic heterocycles. The molecule has 2 aromatic rings. The molecule has 0 radical (unpaired) electrons. The first-order valence-corrected chi connectivity index (χ1v) is 9.93. The summed E-state index contributed by atoms with van der Waals surface area (Å²) in [5, 5.41) is 13.9. The number of amides is 1. The zero-order valence-corrected chi connectivity index (χ0v) is 17.0. The third kappa shape index (κ3) is 5.62. The van der Waals surface area contributed by atoms with E-state index in [1.54, 1.807) is 0 Å². The minimum absolute atomic E-state index is 0.0249. The molecule has 0 unspecified atom stereocenters. The molecule has 7 heteroatoms. The van der Waals surface area contributed by atoms with Gasteiger partial charge in [-0.2, -0.15) is 0 Å². The summed E-state index contributed by atoms with van der Waals surface area (Å²) in [6.07, 6.45) is 2.23. The van der Waals surface area contributed by atoms with Crippen molar-refractivity contribution in [2.75, 3.05) is 33.7 Å². The molecule has 1 saturated heterocycles. The van der Waals surface area contributed by atoms with Crippen molar-refractivity contribution in [2.45, 2.75) is 24.9 Å². The average molecular weight is 396 g/mol. The number of hydrogen-bond donors (Lipinski definition) is 1. The highest BCUT2D eigenvalue weighted by Gasteiger charge is 2.24. The lowest BCUT2D eigenvalue weighted by molar-refractivity contribution is -0.384. The van der Waals surface area contributed by atoms with Crippen LogP contribution in [0.25, 0.3) is 0 Å². The van der Waals surface area contributed by atoms with E-state index in [2.05, 4.69) is 29.2 Å². The Kier molecular flexibility index (Phi) is 6.95. The Morgan fingerprint density at radius 1 is 1.17 bits per heavy atom. The molecule has 29 heavy (non-hydrogen) atoms. The number of non-ortho nitro benzene ring substituents is 1. The Labute approximate surface area is 171 Å². The Bertz CT molecular complexity index is 818. The normalized spacial score (nSPS) is 16.5. The summed E-state index contributed by atoms with van der Waals surface area (Å²) in [6.45, 7) is 2.87. The largest absolute Gasteiger partial charge is 0.344 e. The molecular formula is C22H28N4O3. The van der Waals surface area contributed by atoms with Crippen LogP contribution in [0, 0.1) is 10.1 Å². The fraction of sp³-hybridized carbons (Fsp3) is 0.409. The highest BCUT2D eigenvalue weighted by Crippen LogP contribution is 2.20. The van der Waals surface area contributed by atoms with E-state index in [9.17, 15) is 14.9 Å². The Hall–Kier alpha value is -2.77. The molecule has 1 atom stereocenters. The zero-order chi connectivity index (χ0) is 20.8. The van der Waals surface area contributed by atoms with Gasteiger partial charge in [0.05, 0.1) is 11.0 Å². The molecule has 154 valence electrons. The molecule has 3 rings (SSSR count). The lowest BCUT2D eigenvalue weighted by atomic mass is 10.0. The summed E-state index contributed by atoms with van der Waals surface area (Å²) in [7, 11) is 4.26. The van der Waals surface area contributed by atoms with Crippen molar-refractivity contribution in [3.05, 3.63) is 75.8 Å². The van der Waals surface area contributed by atoms with Gasteiger partial charge in [0, 0.05) is 30.3 Å². The molecular weight excluding hydrogens is 368 g/mol. The molecule has 0 bridgehead atoms. The molecule has 1 amide bonds. The van der Waals surface area contributed by atoms with Crippen LogP contribution >= 0.6 is 0 Å². The first-order chi connectivity index (χ1) is 13.9. The standard InChI is InChI=1S/C22H28N4O3/c1-24-14-12-19(13-15-24)25(2)16-21(17-6-4-3-5-7-17)23-22(27)18-8-10-20(11-9-18)26(28)29/h3-11,19,21H,12-16H2,1-2H3,(H,23,27)/t21-/m0/s1. The summed E-state index contributed by atoms with van der Waals surface area (Å²) in [6, 6.07) is 16.0. The van der Waals surface area contributed by atoms with Gasteiger partial charge in [0.1, 0.15) is 0 Å². The fourth-order valence-electron chi connectivity index (χ4n) is 3.77. The summed E-state index contributed by atoms with van der Waals surface area (Å²) in [4.78, 5) is 27.8.